The fraction of sp³-hybridized carbons (Fsp3) is 0.114. The van der Waals surface area contributed by atoms with E-state index in [4.69, 9.17) is 0 Å². The summed E-state index contributed by atoms with van der Waals surface area (Å²) in [5.74, 6) is 0. The summed E-state index contributed by atoms with van der Waals surface area (Å²) in [6.07, 6.45) is 0. The summed E-state index contributed by atoms with van der Waals surface area (Å²) in [4.78, 5) is 0. The van der Waals surface area contributed by atoms with E-state index in [0.717, 1.165) is 0 Å². The minimum Gasteiger partial charge on any atom is -0.144 e. The van der Waals surface area contributed by atoms with Gasteiger partial charge in [-0.2, -0.15) is 0 Å². The van der Waals surface area contributed by atoms with Crippen LogP contribution in [0.4, 0.5) is 0 Å². The molecule has 36 heavy (non-hydrogen) atoms. The Morgan fingerprint density at radius 3 is 1.22 bits per heavy atom. The van der Waals surface area contributed by atoms with Crippen molar-refractivity contribution in [3.8, 4) is 22.3 Å². The summed E-state index contributed by atoms with van der Waals surface area (Å²) in [6.45, 7) is 8.49. The number of rotatable bonds is 2. The molecule has 176 valence electrons. The van der Waals surface area contributed by atoms with Crippen molar-refractivity contribution in [2.24, 2.45) is 0 Å². The molecule has 0 heterocycles. The van der Waals surface area contributed by atoms with E-state index in [1.54, 1.807) is 0 Å². The van der Waals surface area contributed by atoms with Crippen LogP contribution in [0.3, 0.4) is 0 Å². The van der Waals surface area contributed by atoms with Gasteiger partial charge in [0.15, 0.2) is 0 Å². The molecule has 0 aromatic heterocycles. The Kier molecular flexibility index (Phi) is 8.65. The van der Waals surface area contributed by atoms with Gasteiger partial charge in [-0.05, 0) is 13.8 Å². The molecule has 0 aliphatic rings. The van der Waals surface area contributed by atoms with E-state index in [2.05, 4.69) is 169 Å². The topological polar surface area (TPSA) is 0 Å². The van der Waals surface area contributed by atoms with Crippen LogP contribution in [0.5, 0.6) is 0 Å². The van der Waals surface area contributed by atoms with Crippen molar-refractivity contribution >= 4 is 25.4 Å². The zero-order valence-corrected chi connectivity index (χ0v) is 23.1. The van der Waals surface area contributed by atoms with Crippen molar-refractivity contribution in [2.75, 3.05) is 0 Å². The summed E-state index contributed by atoms with van der Waals surface area (Å²) in [6, 6.07) is 43.1. The van der Waals surface area contributed by atoms with Gasteiger partial charge in [-0.1, -0.05) is 107 Å². The van der Waals surface area contributed by atoms with Crippen LogP contribution < -0.4 is 0 Å². The van der Waals surface area contributed by atoms with E-state index in [1.807, 2.05) is 0 Å². The van der Waals surface area contributed by atoms with Crippen molar-refractivity contribution in [1.29, 1.82) is 0 Å². The Labute approximate surface area is 226 Å². The molecule has 0 unspecified atom stereocenters. The predicted octanol–water partition coefficient (Wildman–Crippen LogP) is 9.81. The molecule has 0 radical (unpaired) electrons. The second-order valence-corrected chi connectivity index (χ2v) is 10.9. The van der Waals surface area contributed by atoms with Gasteiger partial charge >= 0.3 is 37.6 Å². The van der Waals surface area contributed by atoms with Crippen molar-refractivity contribution in [3.63, 3.8) is 0 Å². The monoisotopic (exact) mass is 500 g/mol. The summed E-state index contributed by atoms with van der Waals surface area (Å²) in [5, 5.41) is 5.39. The number of aryl methyl sites for hydroxylation is 2. The molecule has 0 aliphatic carbocycles. The molecule has 0 N–H and O–H groups in total. The average molecular weight is 501 g/mol. The van der Waals surface area contributed by atoms with Crippen LogP contribution in [0.15, 0.2) is 121 Å². The first-order chi connectivity index (χ1) is 17.4. The van der Waals surface area contributed by atoms with Gasteiger partial charge in [0.2, 0.25) is 0 Å². The van der Waals surface area contributed by atoms with Crippen LogP contribution in [-0.4, -0.2) is 3.81 Å². The Hall–Kier alpha value is -3.32. The fourth-order valence-corrected chi connectivity index (χ4v) is 4.38. The Morgan fingerprint density at radius 1 is 0.528 bits per heavy atom. The van der Waals surface area contributed by atoms with Crippen LogP contribution in [0, 0.1) is 13.8 Å². The van der Waals surface area contributed by atoms with Crippen molar-refractivity contribution < 1.29 is 20.0 Å². The summed E-state index contributed by atoms with van der Waals surface area (Å²) < 4.78 is 1.42. The smallest absolute Gasteiger partial charge is 0.0469 e. The molecule has 0 aliphatic heterocycles. The van der Waals surface area contributed by atoms with Crippen molar-refractivity contribution in [1.82, 2.24) is 0 Å². The van der Waals surface area contributed by atoms with Crippen LogP contribution in [-0.2, 0) is 20.0 Å². The standard InChI is InChI=1S/2C16H13.C3H6.Ti/c2*1-12-6-5-9-14-10-15(11-16(12)14)13-7-3-2-4-8-13;1-3-2;/h2*2-11H,1H3;1-2H3;/q2*-1;;+2. The van der Waals surface area contributed by atoms with Gasteiger partial charge < -0.3 is 0 Å². The van der Waals surface area contributed by atoms with Crippen molar-refractivity contribution in [3.05, 3.63) is 132 Å². The third-order valence-corrected chi connectivity index (χ3v) is 6.15. The van der Waals surface area contributed by atoms with Gasteiger partial charge in [0.25, 0.3) is 0 Å². The van der Waals surface area contributed by atoms with E-state index >= 15 is 0 Å². The molecule has 0 atom stereocenters. The second-order valence-electron chi connectivity index (χ2n) is 9.38. The minimum atomic E-state index is 1.29. The number of hydrogen-bond acceptors (Lipinski definition) is 0. The zero-order chi connectivity index (χ0) is 25.5. The SMILES string of the molecule is C[C](C)=[Ti+2].Cc1cccc2[cH-]c(-c3ccccc3)cc12.Cc1cccc2[cH-]c(-c3ccccc3)cc12. The van der Waals surface area contributed by atoms with Gasteiger partial charge in [0.1, 0.15) is 0 Å². The average Bonchev–Trinajstić information content (AvgIpc) is 3.52. The maximum absolute atomic E-state index is 2.28. The van der Waals surface area contributed by atoms with E-state index in [1.165, 1.54) is 58.7 Å². The first-order valence-electron chi connectivity index (χ1n) is 12.4. The predicted molar refractivity (Wildman–Crippen MR) is 156 cm³/mol. The van der Waals surface area contributed by atoms with Gasteiger partial charge in [-0.3, -0.25) is 0 Å². The molecule has 0 saturated carbocycles. The molecule has 0 saturated heterocycles. The largest absolute Gasteiger partial charge is 0.144 e. The van der Waals surface area contributed by atoms with E-state index < -0.39 is 0 Å². The molecule has 6 rings (SSSR count). The molecular formula is C35H32Ti. The van der Waals surface area contributed by atoms with Gasteiger partial charge in [0.05, 0.1) is 0 Å². The number of fused-ring (bicyclic) bond motifs is 2. The molecule has 1 heteroatoms. The molecule has 0 nitrogen and oxygen atoms in total. The molecule has 0 spiro atoms. The number of hydrogen-bond donors (Lipinski definition) is 0. The van der Waals surface area contributed by atoms with Gasteiger partial charge in [0, 0.05) is 0 Å². The van der Waals surface area contributed by atoms with Crippen LogP contribution in [0.2, 0.25) is 0 Å². The Morgan fingerprint density at radius 2 is 0.889 bits per heavy atom. The number of benzene rings is 4. The van der Waals surface area contributed by atoms with Gasteiger partial charge in [-0.25, -0.2) is 0 Å². The second kappa shape index (κ2) is 12.1. The molecule has 0 amide bonds. The van der Waals surface area contributed by atoms with E-state index in [9.17, 15) is 0 Å². The molecule has 6 aromatic carbocycles. The molecule has 0 bridgehead atoms. The zero-order valence-electron chi connectivity index (χ0n) is 21.5. The van der Waals surface area contributed by atoms with Crippen LogP contribution >= 0.6 is 0 Å². The summed E-state index contributed by atoms with van der Waals surface area (Å²) >= 11 is 2.08. The third kappa shape index (κ3) is 6.46. The maximum atomic E-state index is 2.28. The fourth-order valence-electron chi connectivity index (χ4n) is 4.38. The molecule has 6 aromatic rings. The maximum Gasteiger partial charge on any atom is -0.0469 e. The Bertz CT molecular complexity index is 1440. The van der Waals surface area contributed by atoms with Crippen LogP contribution in [0.1, 0.15) is 25.0 Å². The Balaban J connectivity index is 0.000000148. The van der Waals surface area contributed by atoms with E-state index in [0.29, 0.717) is 0 Å². The van der Waals surface area contributed by atoms with E-state index in [-0.39, 0.29) is 0 Å². The molecular weight excluding hydrogens is 468 g/mol. The first kappa shape index (κ1) is 25.8. The van der Waals surface area contributed by atoms with Gasteiger partial charge in [-0.15, -0.1) is 69.1 Å². The molecule has 0 fully saturated rings. The van der Waals surface area contributed by atoms with Crippen molar-refractivity contribution in [2.45, 2.75) is 27.7 Å². The third-order valence-electron chi connectivity index (χ3n) is 6.15. The quantitative estimate of drug-likeness (QED) is 0.164. The minimum absolute atomic E-state index is 1.29. The summed E-state index contributed by atoms with van der Waals surface area (Å²) in [7, 11) is 0. The van der Waals surface area contributed by atoms with Crippen LogP contribution in [0.25, 0.3) is 43.8 Å². The summed E-state index contributed by atoms with van der Waals surface area (Å²) in [5.41, 5.74) is 7.89. The first-order valence-corrected chi connectivity index (χ1v) is 13.1. The normalized spacial score (nSPS) is 10.4.